The molecule has 3 aliphatic heterocycles. The maximum Gasteiger partial charge on any atom is 0.248 e. The van der Waals surface area contributed by atoms with Crippen LogP contribution in [0.25, 0.3) is 0 Å². The summed E-state index contributed by atoms with van der Waals surface area (Å²) in [5.74, 6) is 0.138. The van der Waals surface area contributed by atoms with E-state index in [0.717, 1.165) is 63.4 Å². The Balaban J connectivity index is 1.23. The van der Waals surface area contributed by atoms with Gasteiger partial charge in [0.2, 0.25) is 5.91 Å². The van der Waals surface area contributed by atoms with E-state index in [-0.39, 0.29) is 24.2 Å². The average Bonchev–Trinajstić information content (AvgIpc) is 3.13. The van der Waals surface area contributed by atoms with E-state index in [1.165, 1.54) is 5.56 Å². The number of likely N-dealkylation sites (tertiary alicyclic amines) is 2. The van der Waals surface area contributed by atoms with Crippen molar-refractivity contribution in [2.24, 2.45) is 0 Å². The van der Waals surface area contributed by atoms with Crippen LogP contribution >= 0.6 is 11.6 Å². The van der Waals surface area contributed by atoms with Crippen LogP contribution in [-0.2, 0) is 20.8 Å². The van der Waals surface area contributed by atoms with Crippen molar-refractivity contribution in [1.82, 2.24) is 9.80 Å². The fourth-order valence-electron chi connectivity index (χ4n) is 4.37. The lowest BCUT2D eigenvalue weighted by molar-refractivity contribution is -0.200. The van der Waals surface area contributed by atoms with Gasteiger partial charge in [-0.05, 0) is 37.0 Å². The van der Waals surface area contributed by atoms with E-state index in [4.69, 9.17) is 21.1 Å². The van der Waals surface area contributed by atoms with Gasteiger partial charge in [0, 0.05) is 50.8 Å². The predicted molar refractivity (Wildman–Crippen MR) is 100 cm³/mol. The van der Waals surface area contributed by atoms with Gasteiger partial charge in [0.1, 0.15) is 6.61 Å². The molecule has 1 spiro atoms. The molecular formula is C20H27ClN2O3. The molecule has 4 rings (SSSR count). The van der Waals surface area contributed by atoms with Crippen molar-refractivity contribution in [1.29, 1.82) is 0 Å². The van der Waals surface area contributed by atoms with E-state index >= 15 is 0 Å². The molecule has 0 saturated carbocycles. The Bertz CT molecular complexity index is 642. The summed E-state index contributed by atoms with van der Waals surface area (Å²) in [5.41, 5.74) is 1.13. The van der Waals surface area contributed by atoms with Gasteiger partial charge in [0.25, 0.3) is 0 Å². The minimum Gasteiger partial charge on any atom is -0.372 e. The van der Waals surface area contributed by atoms with E-state index in [1.54, 1.807) is 0 Å². The van der Waals surface area contributed by atoms with Crippen LogP contribution in [-0.4, -0.2) is 66.8 Å². The van der Waals surface area contributed by atoms with Crippen molar-refractivity contribution in [2.75, 3.05) is 39.4 Å². The number of ether oxygens (including phenoxy) is 2. The molecule has 26 heavy (non-hydrogen) atoms. The second-order valence-corrected chi connectivity index (χ2v) is 8.26. The standard InChI is InChI=1S/C20H27ClN2O3/c21-17-5-3-4-16(10-17)12-22-14-20(15-22)11-18(6-9-26-20)25-13-19(24)23-7-1-2-8-23/h3-5,10,18H,1-2,6-9,11-15H2/t18-/m0/s1. The minimum absolute atomic E-state index is 0.0990. The quantitative estimate of drug-likeness (QED) is 0.790. The zero-order chi connectivity index (χ0) is 18.0. The van der Waals surface area contributed by atoms with E-state index in [1.807, 2.05) is 23.1 Å². The maximum atomic E-state index is 12.2. The fourth-order valence-corrected chi connectivity index (χ4v) is 4.58. The molecule has 0 aliphatic carbocycles. The van der Waals surface area contributed by atoms with E-state index in [9.17, 15) is 4.79 Å². The van der Waals surface area contributed by atoms with Crippen LogP contribution in [0.1, 0.15) is 31.2 Å². The van der Waals surface area contributed by atoms with Crippen LogP contribution in [0.15, 0.2) is 24.3 Å². The van der Waals surface area contributed by atoms with Gasteiger partial charge in [-0.3, -0.25) is 9.69 Å². The highest BCUT2D eigenvalue weighted by molar-refractivity contribution is 6.30. The molecule has 0 aromatic heterocycles. The van der Waals surface area contributed by atoms with Crippen LogP contribution in [0.4, 0.5) is 0 Å². The number of hydrogen-bond donors (Lipinski definition) is 0. The maximum absolute atomic E-state index is 12.2. The van der Waals surface area contributed by atoms with Crippen molar-refractivity contribution in [3.05, 3.63) is 34.9 Å². The highest BCUT2D eigenvalue weighted by atomic mass is 35.5. The first kappa shape index (κ1) is 18.2. The van der Waals surface area contributed by atoms with Crippen molar-refractivity contribution >= 4 is 17.5 Å². The van der Waals surface area contributed by atoms with Gasteiger partial charge >= 0.3 is 0 Å². The Hall–Kier alpha value is -1.14. The van der Waals surface area contributed by atoms with E-state index < -0.39 is 0 Å². The van der Waals surface area contributed by atoms with Gasteiger partial charge in [-0.15, -0.1) is 0 Å². The molecule has 1 atom stereocenters. The molecule has 142 valence electrons. The summed E-state index contributed by atoms with van der Waals surface area (Å²) < 4.78 is 12.0. The van der Waals surface area contributed by atoms with Gasteiger partial charge in [-0.1, -0.05) is 23.7 Å². The molecule has 3 saturated heterocycles. The Morgan fingerprint density at radius 3 is 2.88 bits per heavy atom. The molecule has 1 amide bonds. The summed E-state index contributed by atoms with van der Waals surface area (Å²) in [6, 6.07) is 8.02. The SMILES string of the molecule is O=C(CO[C@H]1CCOC2(C1)CN(Cc1cccc(Cl)c1)C2)N1CCCC1. The third-order valence-corrected chi connectivity index (χ3v) is 5.90. The van der Waals surface area contributed by atoms with Gasteiger partial charge in [0.15, 0.2) is 0 Å². The summed E-state index contributed by atoms with van der Waals surface area (Å²) in [6.07, 6.45) is 4.13. The number of carbonyl (C=O) groups is 1. The number of halogens is 1. The topological polar surface area (TPSA) is 42.0 Å². The van der Waals surface area contributed by atoms with E-state index in [0.29, 0.717) is 6.61 Å². The third-order valence-electron chi connectivity index (χ3n) is 5.67. The van der Waals surface area contributed by atoms with Crippen LogP contribution in [0, 0.1) is 0 Å². The third kappa shape index (κ3) is 4.22. The number of carbonyl (C=O) groups excluding carboxylic acids is 1. The molecule has 0 N–H and O–H groups in total. The molecule has 0 bridgehead atoms. The molecule has 5 nitrogen and oxygen atoms in total. The zero-order valence-electron chi connectivity index (χ0n) is 15.2. The van der Waals surface area contributed by atoms with Crippen LogP contribution in [0.3, 0.4) is 0 Å². The van der Waals surface area contributed by atoms with Gasteiger partial charge in [-0.25, -0.2) is 0 Å². The lowest BCUT2D eigenvalue weighted by Gasteiger charge is -2.53. The van der Waals surface area contributed by atoms with Gasteiger partial charge < -0.3 is 14.4 Å². The highest BCUT2D eigenvalue weighted by Crippen LogP contribution is 2.36. The Kier molecular flexibility index (Phi) is 5.50. The highest BCUT2D eigenvalue weighted by Gasteiger charge is 2.47. The minimum atomic E-state index is -0.0990. The molecular weight excluding hydrogens is 352 g/mol. The zero-order valence-corrected chi connectivity index (χ0v) is 15.9. The summed E-state index contributed by atoms with van der Waals surface area (Å²) in [4.78, 5) is 16.5. The summed E-state index contributed by atoms with van der Waals surface area (Å²) >= 11 is 6.07. The lowest BCUT2D eigenvalue weighted by atomic mass is 9.84. The summed E-state index contributed by atoms with van der Waals surface area (Å²) in [5, 5.41) is 0.780. The van der Waals surface area contributed by atoms with E-state index in [2.05, 4.69) is 11.0 Å². The molecule has 3 fully saturated rings. The largest absolute Gasteiger partial charge is 0.372 e. The van der Waals surface area contributed by atoms with Crippen LogP contribution in [0.2, 0.25) is 5.02 Å². The molecule has 3 heterocycles. The lowest BCUT2D eigenvalue weighted by Crippen LogP contribution is -2.65. The molecule has 3 aliphatic rings. The molecule has 0 unspecified atom stereocenters. The average molecular weight is 379 g/mol. The number of benzene rings is 1. The second-order valence-electron chi connectivity index (χ2n) is 7.82. The van der Waals surface area contributed by atoms with Crippen LogP contribution in [0.5, 0.6) is 0 Å². The fraction of sp³-hybridized carbons (Fsp3) is 0.650. The van der Waals surface area contributed by atoms with Crippen LogP contribution < -0.4 is 0 Å². The summed E-state index contributed by atoms with van der Waals surface area (Å²) in [6.45, 7) is 5.43. The predicted octanol–water partition coefficient (Wildman–Crippen LogP) is 2.71. The van der Waals surface area contributed by atoms with Crippen molar-refractivity contribution in [2.45, 2.75) is 43.9 Å². The number of amides is 1. The first-order valence-corrected chi connectivity index (χ1v) is 10.00. The summed E-state index contributed by atoms with van der Waals surface area (Å²) in [7, 11) is 0. The number of nitrogens with zero attached hydrogens (tertiary/aromatic N) is 2. The molecule has 6 heteroatoms. The molecule has 0 radical (unpaired) electrons. The van der Waals surface area contributed by atoms with Gasteiger partial charge in [-0.2, -0.15) is 0 Å². The Morgan fingerprint density at radius 2 is 2.12 bits per heavy atom. The number of hydrogen-bond acceptors (Lipinski definition) is 4. The van der Waals surface area contributed by atoms with Crippen molar-refractivity contribution in [3.8, 4) is 0 Å². The molecule has 1 aromatic rings. The van der Waals surface area contributed by atoms with Crippen molar-refractivity contribution < 1.29 is 14.3 Å². The first-order valence-electron chi connectivity index (χ1n) is 9.62. The smallest absolute Gasteiger partial charge is 0.248 e. The second kappa shape index (κ2) is 7.85. The molecule has 1 aromatic carbocycles. The Morgan fingerprint density at radius 1 is 1.31 bits per heavy atom. The number of rotatable bonds is 5. The van der Waals surface area contributed by atoms with Crippen molar-refractivity contribution in [3.63, 3.8) is 0 Å². The monoisotopic (exact) mass is 378 g/mol. The van der Waals surface area contributed by atoms with Gasteiger partial charge in [0.05, 0.1) is 11.7 Å². The normalized spacial score (nSPS) is 25.4. The Labute approximate surface area is 160 Å². The first-order chi connectivity index (χ1) is 12.6.